The Morgan fingerprint density at radius 3 is 2.62 bits per heavy atom. The number of anilines is 1. The zero-order valence-electron chi connectivity index (χ0n) is 8.74. The second-order valence-electron chi connectivity index (χ2n) is 4.13. The highest BCUT2D eigenvalue weighted by atomic mass is 19.1. The number of nitrogens with one attached hydrogen (secondary N) is 1. The van der Waals surface area contributed by atoms with Gasteiger partial charge in [-0.2, -0.15) is 0 Å². The van der Waals surface area contributed by atoms with Crippen molar-refractivity contribution in [2.75, 3.05) is 5.32 Å². The Balaban J connectivity index is 2.07. The molecule has 0 heterocycles. The fourth-order valence-corrected chi connectivity index (χ4v) is 1.79. The Kier molecular flexibility index (Phi) is 2.78. The zero-order chi connectivity index (χ0) is 11.7. The summed E-state index contributed by atoms with van der Waals surface area (Å²) in [5.41, 5.74) is 11.2. The first-order valence-electron chi connectivity index (χ1n) is 5.17. The molecule has 0 aromatic heterocycles. The summed E-state index contributed by atoms with van der Waals surface area (Å²) in [7, 11) is 0. The van der Waals surface area contributed by atoms with E-state index in [4.69, 9.17) is 11.5 Å². The molecule has 4 nitrogen and oxygen atoms in total. The van der Waals surface area contributed by atoms with Gasteiger partial charge in [0.2, 0.25) is 5.91 Å². The lowest BCUT2D eigenvalue weighted by Crippen LogP contribution is -2.44. The molecule has 5 N–H and O–H groups in total. The second-order valence-corrected chi connectivity index (χ2v) is 4.13. The van der Waals surface area contributed by atoms with Crippen molar-refractivity contribution in [1.82, 2.24) is 0 Å². The summed E-state index contributed by atoms with van der Waals surface area (Å²) < 4.78 is 13.5. The first kappa shape index (κ1) is 10.9. The molecule has 1 saturated carbocycles. The molecule has 1 aromatic rings. The zero-order valence-corrected chi connectivity index (χ0v) is 8.74. The largest absolute Gasteiger partial charge is 0.380 e. The number of carbonyl (C=O) groups is 1. The Morgan fingerprint density at radius 2 is 2.12 bits per heavy atom. The summed E-state index contributed by atoms with van der Waals surface area (Å²) in [5, 5.41) is 3.04. The highest BCUT2D eigenvalue weighted by molar-refractivity contribution is 5.93. The van der Waals surface area contributed by atoms with Gasteiger partial charge in [0, 0.05) is 17.6 Å². The van der Waals surface area contributed by atoms with Gasteiger partial charge in [-0.05, 0) is 31.0 Å². The summed E-state index contributed by atoms with van der Waals surface area (Å²) in [6.45, 7) is 0. The molecule has 1 fully saturated rings. The first-order valence-corrected chi connectivity index (χ1v) is 5.17. The molecule has 0 aliphatic heterocycles. The first-order chi connectivity index (χ1) is 7.56. The van der Waals surface area contributed by atoms with Gasteiger partial charge in [-0.1, -0.05) is 0 Å². The van der Waals surface area contributed by atoms with Crippen LogP contribution in [0.15, 0.2) is 18.2 Å². The molecule has 1 amide bonds. The van der Waals surface area contributed by atoms with E-state index in [9.17, 15) is 9.18 Å². The lowest BCUT2D eigenvalue weighted by molar-refractivity contribution is 0.1000. The minimum atomic E-state index is -0.629. The van der Waals surface area contributed by atoms with Crippen LogP contribution in [0, 0.1) is 5.82 Å². The molecule has 2 rings (SSSR count). The van der Waals surface area contributed by atoms with Gasteiger partial charge in [-0.15, -0.1) is 0 Å². The second kappa shape index (κ2) is 4.09. The molecule has 0 saturated heterocycles. The number of nitrogens with two attached hydrogens (primary N) is 2. The molecule has 0 radical (unpaired) electrons. The molecule has 1 aliphatic rings. The van der Waals surface area contributed by atoms with E-state index < -0.39 is 11.7 Å². The normalized spacial score (nSPS) is 23.6. The maximum Gasteiger partial charge on any atom is 0.248 e. The number of primary amides is 1. The molecule has 0 atom stereocenters. The van der Waals surface area contributed by atoms with Crippen molar-refractivity contribution < 1.29 is 9.18 Å². The number of hydrogen-bond donors (Lipinski definition) is 3. The highest BCUT2D eigenvalue weighted by Gasteiger charge is 2.26. The summed E-state index contributed by atoms with van der Waals surface area (Å²) in [6.07, 6.45) is 1.69. The van der Waals surface area contributed by atoms with Crippen molar-refractivity contribution in [3.05, 3.63) is 29.6 Å². The molecule has 0 unspecified atom stereocenters. The Labute approximate surface area is 92.8 Å². The van der Waals surface area contributed by atoms with Crippen molar-refractivity contribution in [3.8, 4) is 0 Å². The van der Waals surface area contributed by atoms with Gasteiger partial charge in [0.25, 0.3) is 0 Å². The van der Waals surface area contributed by atoms with E-state index in [2.05, 4.69) is 5.32 Å². The molecule has 0 spiro atoms. The Hall–Kier alpha value is -1.62. The Bertz CT molecular complexity index is 416. The van der Waals surface area contributed by atoms with Crippen LogP contribution in [0.1, 0.15) is 23.2 Å². The van der Waals surface area contributed by atoms with E-state index in [0.717, 1.165) is 18.9 Å². The maximum atomic E-state index is 13.5. The van der Waals surface area contributed by atoms with E-state index in [1.165, 1.54) is 12.1 Å². The minimum absolute atomic E-state index is 0.174. The van der Waals surface area contributed by atoms with E-state index in [0.29, 0.717) is 5.69 Å². The monoisotopic (exact) mass is 223 g/mol. The van der Waals surface area contributed by atoms with Crippen LogP contribution in [0.5, 0.6) is 0 Å². The number of rotatable bonds is 3. The average molecular weight is 223 g/mol. The highest BCUT2D eigenvalue weighted by Crippen LogP contribution is 2.24. The van der Waals surface area contributed by atoms with Crippen LogP contribution in [0.3, 0.4) is 0 Å². The van der Waals surface area contributed by atoms with Gasteiger partial charge in [0.15, 0.2) is 0 Å². The molecular weight excluding hydrogens is 209 g/mol. The van der Waals surface area contributed by atoms with Crippen LogP contribution in [0.2, 0.25) is 0 Å². The van der Waals surface area contributed by atoms with Gasteiger partial charge in [0.1, 0.15) is 5.82 Å². The predicted octanol–water partition coefficient (Wildman–Crippen LogP) is 0.826. The molecule has 0 bridgehead atoms. The van der Waals surface area contributed by atoms with Crippen LogP contribution in [-0.4, -0.2) is 18.0 Å². The number of halogens is 1. The van der Waals surface area contributed by atoms with Crippen molar-refractivity contribution in [1.29, 1.82) is 0 Å². The van der Waals surface area contributed by atoms with Gasteiger partial charge >= 0.3 is 0 Å². The third kappa shape index (κ3) is 2.14. The van der Waals surface area contributed by atoms with Crippen molar-refractivity contribution in [2.24, 2.45) is 11.5 Å². The molecule has 5 heteroatoms. The fourth-order valence-electron chi connectivity index (χ4n) is 1.79. The third-order valence-corrected chi connectivity index (χ3v) is 2.79. The standard InChI is InChI=1S/C11H14FN3O/c12-9-3-6(11(14)16)1-2-10(9)15-8-4-7(13)5-8/h1-3,7-8,15H,4-5,13H2,(H2,14,16). The fraction of sp³-hybridized carbons (Fsp3) is 0.364. The lowest BCUT2D eigenvalue weighted by atomic mass is 9.87. The van der Waals surface area contributed by atoms with Crippen LogP contribution in [-0.2, 0) is 0 Å². The molecule has 1 aromatic carbocycles. The van der Waals surface area contributed by atoms with Crippen molar-refractivity contribution in [3.63, 3.8) is 0 Å². The van der Waals surface area contributed by atoms with E-state index >= 15 is 0 Å². The van der Waals surface area contributed by atoms with Gasteiger partial charge in [0.05, 0.1) is 5.69 Å². The van der Waals surface area contributed by atoms with Crippen LogP contribution < -0.4 is 16.8 Å². The van der Waals surface area contributed by atoms with Crippen LogP contribution >= 0.6 is 0 Å². The van der Waals surface area contributed by atoms with Crippen molar-refractivity contribution >= 4 is 11.6 Å². The summed E-state index contributed by atoms with van der Waals surface area (Å²) in [5.74, 6) is -1.09. The molecule has 16 heavy (non-hydrogen) atoms. The van der Waals surface area contributed by atoms with Gasteiger partial charge in [-0.3, -0.25) is 4.79 Å². The summed E-state index contributed by atoms with van der Waals surface area (Å²) >= 11 is 0. The predicted molar refractivity (Wildman–Crippen MR) is 59.5 cm³/mol. The van der Waals surface area contributed by atoms with E-state index in [-0.39, 0.29) is 17.6 Å². The van der Waals surface area contributed by atoms with Crippen LogP contribution in [0.4, 0.5) is 10.1 Å². The van der Waals surface area contributed by atoms with E-state index in [1.807, 2.05) is 0 Å². The van der Waals surface area contributed by atoms with Crippen molar-refractivity contribution in [2.45, 2.75) is 24.9 Å². The topological polar surface area (TPSA) is 81.1 Å². The third-order valence-electron chi connectivity index (χ3n) is 2.79. The molecule has 86 valence electrons. The quantitative estimate of drug-likeness (QED) is 0.709. The number of benzene rings is 1. The number of amides is 1. The maximum absolute atomic E-state index is 13.5. The SMILES string of the molecule is NC(=O)c1ccc(NC2CC(N)C2)c(F)c1. The smallest absolute Gasteiger partial charge is 0.248 e. The molecule has 1 aliphatic carbocycles. The minimum Gasteiger partial charge on any atom is -0.380 e. The number of hydrogen-bond acceptors (Lipinski definition) is 3. The summed E-state index contributed by atoms with van der Waals surface area (Å²) in [4.78, 5) is 10.8. The Morgan fingerprint density at radius 1 is 1.44 bits per heavy atom. The lowest BCUT2D eigenvalue weighted by Gasteiger charge is -2.33. The summed E-state index contributed by atoms with van der Waals surface area (Å²) in [6, 6.07) is 4.61. The van der Waals surface area contributed by atoms with Gasteiger partial charge < -0.3 is 16.8 Å². The average Bonchev–Trinajstić information content (AvgIpc) is 2.18. The molecular formula is C11H14FN3O. The number of carbonyl (C=O) groups excluding carboxylic acids is 1. The van der Waals surface area contributed by atoms with Gasteiger partial charge in [-0.25, -0.2) is 4.39 Å². The van der Waals surface area contributed by atoms with E-state index in [1.54, 1.807) is 0 Å². The van der Waals surface area contributed by atoms with Crippen LogP contribution in [0.25, 0.3) is 0 Å².